The third-order valence-corrected chi connectivity index (χ3v) is 3.47. The van der Waals surface area contributed by atoms with Crippen molar-refractivity contribution >= 4 is 5.78 Å². The number of carbonyl (C=O) groups is 1. The maximum Gasteiger partial charge on any atom is 0.159 e. The molecule has 1 rings (SSSR count). The molecule has 21 heavy (non-hydrogen) atoms. The lowest BCUT2D eigenvalue weighted by molar-refractivity contribution is 0.101. The van der Waals surface area contributed by atoms with E-state index in [9.17, 15) is 4.79 Å². The smallest absolute Gasteiger partial charge is 0.159 e. The normalized spacial score (nSPS) is 11.2. The monoisotopic (exact) mass is 293 g/mol. The molecule has 0 bridgehead atoms. The molecule has 1 aromatic rings. The topological polar surface area (TPSA) is 49.8 Å². The van der Waals surface area contributed by atoms with Gasteiger partial charge in [0.15, 0.2) is 5.78 Å². The first kappa shape index (κ1) is 17.7. The van der Waals surface area contributed by atoms with Crippen LogP contribution in [-0.4, -0.2) is 41.6 Å². The molecule has 0 spiro atoms. The van der Waals surface area contributed by atoms with Gasteiger partial charge in [0.2, 0.25) is 0 Å². The van der Waals surface area contributed by atoms with E-state index in [1.165, 1.54) is 0 Å². The Hall–Kier alpha value is -1.39. The highest BCUT2D eigenvalue weighted by molar-refractivity contribution is 5.94. The highest BCUT2D eigenvalue weighted by Crippen LogP contribution is 2.23. The number of Topliss-reactive ketones (excluding diaryl/α,β-unsaturated/α-hetero) is 1. The van der Waals surface area contributed by atoms with Gasteiger partial charge in [0.1, 0.15) is 5.75 Å². The first-order valence-corrected chi connectivity index (χ1v) is 7.61. The zero-order chi connectivity index (χ0) is 15.8. The van der Waals surface area contributed by atoms with Crippen LogP contribution < -0.4 is 4.74 Å². The maximum atomic E-state index is 11.6. The van der Waals surface area contributed by atoms with Crippen LogP contribution in [0.25, 0.3) is 0 Å². The Labute approximate surface area is 127 Å². The predicted molar refractivity (Wildman–Crippen MR) is 84.9 cm³/mol. The number of ether oxygens (including phenoxy) is 1. The Balaban J connectivity index is 3.00. The molecule has 0 aliphatic carbocycles. The van der Waals surface area contributed by atoms with Crippen molar-refractivity contribution in [3.05, 3.63) is 29.3 Å². The molecule has 118 valence electrons. The summed E-state index contributed by atoms with van der Waals surface area (Å²) in [7, 11) is 0. The van der Waals surface area contributed by atoms with Crippen LogP contribution >= 0.6 is 0 Å². The van der Waals surface area contributed by atoms with Crippen molar-refractivity contribution in [2.45, 2.75) is 46.7 Å². The third kappa shape index (κ3) is 5.48. The number of nitrogens with zero attached hydrogens (tertiary/aromatic N) is 1. The van der Waals surface area contributed by atoms with Gasteiger partial charge in [0.25, 0.3) is 0 Å². The fourth-order valence-corrected chi connectivity index (χ4v) is 2.23. The Bertz CT molecular complexity index is 457. The molecule has 4 heteroatoms. The van der Waals surface area contributed by atoms with Crippen LogP contribution in [0.4, 0.5) is 0 Å². The number of rotatable bonds is 9. The minimum absolute atomic E-state index is 0.0609. The lowest BCUT2D eigenvalue weighted by Gasteiger charge is -2.27. The summed E-state index contributed by atoms with van der Waals surface area (Å²) in [6.07, 6.45) is 0.745. The number of ketones is 1. The molecule has 0 saturated carbocycles. The Morgan fingerprint density at radius 3 is 2.62 bits per heavy atom. The molecular weight excluding hydrogens is 266 g/mol. The molecule has 0 amide bonds. The van der Waals surface area contributed by atoms with Crippen molar-refractivity contribution in [2.24, 2.45) is 0 Å². The van der Waals surface area contributed by atoms with Gasteiger partial charge in [-0.2, -0.15) is 0 Å². The Morgan fingerprint density at radius 2 is 2.10 bits per heavy atom. The van der Waals surface area contributed by atoms with Crippen LogP contribution in [0.15, 0.2) is 18.2 Å². The van der Waals surface area contributed by atoms with Crippen LogP contribution in [0.2, 0.25) is 0 Å². The summed E-state index contributed by atoms with van der Waals surface area (Å²) in [5.74, 6) is 0.892. The quantitative estimate of drug-likeness (QED) is 0.711. The molecule has 4 nitrogen and oxygen atoms in total. The number of hydrogen-bond donors (Lipinski definition) is 1. The largest absolute Gasteiger partial charge is 0.494 e. The van der Waals surface area contributed by atoms with Gasteiger partial charge >= 0.3 is 0 Å². The SMILES string of the molecule is CCOc1ccc(C(C)=O)cc1CN(CCCO)C(C)C. The van der Waals surface area contributed by atoms with Gasteiger partial charge in [0, 0.05) is 36.9 Å². The Morgan fingerprint density at radius 1 is 1.38 bits per heavy atom. The van der Waals surface area contributed by atoms with Crippen LogP contribution in [0, 0.1) is 0 Å². The second-order valence-electron chi connectivity index (χ2n) is 5.45. The summed E-state index contributed by atoms with van der Waals surface area (Å²) < 4.78 is 5.67. The fraction of sp³-hybridized carbons (Fsp3) is 0.588. The average molecular weight is 293 g/mol. The zero-order valence-corrected chi connectivity index (χ0v) is 13.6. The number of benzene rings is 1. The summed E-state index contributed by atoms with van der Waals surface area (Å²) in [4.78, 5) is 13.8. The molecule has 0 heterocycles. The van der Waals surface area contributed by atoms with Crippen molar-refractivity contribution in [2.75, 3.05) is 19.8 Å². The molecule has 0 radical (unpaired) electrons. The average Bonchev–Trinajstić information content (AvgIpc) is 2.44. The van der Waals surface area contributed by atoms with E-state index >= 15 is 0 Å². The van der Waals surface area contributed by atoms with Crippen molar-refractivity contribution in [3.8, 4) is 5.75 Å². The molecule has 0 aromatic heterocycles. The third-order valence-electron chi connectivity index (χ3n) is 3.47. The number of hydrogen-bond acceptors (Lipinski definition) is 4. The van der Waals surface area contributed by atoms with Gasteiger partial charge in [-0.3, -0.25) is 9.69 Å². The first-order valence-electron chi connectivity index (χ1n) is 7.61. The summed E-state index contributed by atoms with van der Waals surface area (Å²) in [5.41, 5.74) is 1.73. The minimum atomic E-state index is 0.0609. The van der Waals surface area contributed by atoms with Crippen molar-refractivity contribution in [1.82, 2.24) is 4.90 Å². The number of aliphatic hydroxyl groups excluding tert-OH is 1. The lowest BCUT2D eigenvalue weighted by Crippen LogP contribution is -2.32. The molecule has 0 atom stereocenters. The van der Waals surface area contributed by atoms with E-state index in [1.807, 2.05) is 25.1 Å². The maximum absolute atomic E-state index is 11.6. The highest BCUT2D eigenvalue weighted by atomic mass is 16.5. The van der Waals surface area contributed by atoms with Crippen molar-refractivity contribution in [1.29, 1.82) is 0 Å². The summed E-state index contributed by atoms with van der Waals surface area (Å²) in [6, 6.07) is 5.97. The number of carbonyl (C=O) groups excluding carboxylic acids is 1. The zero-order valence-electron chi connectivity index (χ0n) is 13.6. The van der Waals surface area contributed by atoms with Crippen LogP contribution in [0.1, 0.15) is 50.0 Å². The molecular formula is C17H27NO3. The summed E-state index contributed by atoms with van der Waals surface area (Å²) in [6.45, 7) is 10.1. The van der Waals surface area contributed by atoms with E-state index in [-0.39, 0.29) is 12.4 Å². The molecule has 0 unspecified atom stereocenters. The van der Waals surface area contributed by atoms with E-state index in [1.54, 1.807) is 6.92 Å². The van der Waals surface area contributed by atoms with Crippen LogP contribution in [0.3, 0.4) is 0 Å². The second-order valence-corrected chi connectivity index (χ2v) is 5.45. The van der Waals surface area contributed by atoms with E-state index < -0.39 is 0 Å². The fourth-order valence-electron chi connectivity index (χ4n) is 2.23. The number of aliphatic hydroxyl groups is 1. The second kappa shape index (κ2) is 8.80. The van der Waals surface area contributed by atoms with E-state index in [4.69, 9.17) is 9.84 Å². The summed E-state index contributed by atoms with van der Waals surface area (Å²) >= 11 is 0. The van der Waals surface area contributed by atoms with Gasteiger partial charge in [-0.05, 0) is 52.3 Å². The van der Waals surface area contributed by atoms with E-state index in [0.717, 1.165) is 24.3 Å². The van der Waals surface area contributed by atoms with Crippen molar-refractivity contribution in [3.63, 3.8) is 0 Å². The van der Waals surface area contributed by atoms with Crippen LogP contribution in [0.5, 0.6) is 5.75 Å². The highest BCUT2D eigenvalue weighted by Gasteiger charge is 2.14. The molecule has 0 saturated heterocycles. The molecule has 1 N–H and O–H groups in total. The van der Waals surface area contributed by atoms with Gasteiger partial charge in [-0.1, -0.05) is 0 Å². The van der Waals surface area contributed by atoms with Crippen molar-refractivity contribution < 1.29 is 14.6 Å². The predicted octanol–water partition coefficient (Wildman–Crippen LogP) is 2.88. The van der Waals surface area contributed by atoms with Gasteiger partial charge < -0.3 is 9.84 Å². The molecule has 0 aliphatic rings. The Kier molecular flexibility index (Phi) is 7.40. The molecule has 0 fully saturated rings. The lowest BCUT2D eigenvalue weighted by atomic mass is 10.1. The minimum Gasteiger partial charge on any atom is -0.494 e. The first-order chi connectivity index (χ1) is 9.99. The van der Waals surface area contributed by atoms with Gasteiger partial charge in [-0.15, -0.1) is 0 Å². The van der Waals surface area contributed by atoms with E-state index in [0.29, 0.717) is 24.8 Å². The summed E-state index contributed by atoms with van der Waals surface area (Å²) in [5, 5.41) is 9.02. The standard InChI is InChI=1S/C17H27NO3/c1-5-21-17-8-7-15(14(4)20)11-16(17)12-18(13(2)3)9-6-10-19/h7-8,11,13,19H,5-6,9-10,12H2,1-4H3. The molecule has 0 aliphatic heterocycles. The van der Waals surface area contributed by atoms with Gasteiger partial charge in [-0.25, -0.2) is 0 Å². The van der Waals surface area contributed by atoms with E-state index in [2.05, 4.69) is 18.7 Å². The molecule has 1 aromatic carbocycles. The van der Waals surface area contributed by atoms with Crippen LogP contribution in [-0.2, 0) is 6.54 Å². The van der Waals surface area contributed by atoms with Gasteiger partial charge in [0.05, 0.1) is 6.61 Å².